The molecular weight excluding hydrogens is 436 g/mol. The normalized spacial score (nSPS) is 10.7. The number of aromatic amines is 1. The molecule has 1 heterocycles. The number of carbonyl (C=O) groups is 1. The number of H-pyrrole nitrogens is 1. The van der Waals surface area contributed by atoms with Crippen LogP contribution >= 0.6 is 0 Å². The first kappa shape index (κ1) is 24.6. The van der Waals surface area contributed by atoms with Crippen LogP contribution in [0.2, 0.25) is 0 Å². The highest BCUT2D eigenvalue weighted by Gasteiger charge is 2.25. The van der Waals surface area contributed by atoms with Gasteiger partial charge in [0.2, 0.25) is 5.91 Å². The van der Waals surface area contributed by atoms with Gasteiger partial charge in [0.05, 0.1) is 27.2 Å². The van der Waals surface area contributed by atoms with E-state index in [1.165, 1.54) is 16.6 Å². The molecule has 3 N–H and O–H groups in total. The molecule has 34 heavy (non-hydrogen) atoms. The van der Waals surface area contributed by atoms with Gasteiger partial charge in [0, 0.05) is 18.2 Å². The Bertz CT molecular complexity index is 1250. The summed E-state index contributed by atoms with van der Waals surface area (Å²) < 4.78 is 12.0. The maximum Gasteiger partial charge on any atom is 0.330 e. The molecule has 0 fully saturated rings. The first-order chi connectivity index (χ1) is 16.4. The van der Waals surface area contributed by atoms with Gasteiger partial charge in [0.15, 0.2) is 5.69 Å². The van der Waals surface area contributed by atoms with E-state index < -0.39 is 11.2 Å². The number of methoxy groups -OCH3 is 2. The van der Waals surface area contributed by atoms with Crippen LogP contribution in [0.25, 0.3) is 0 Å². The Kier molecular flexibility index (Phi) is 8.13. The van der Waals surface area contributed by atoms with Crippen molar-refractivity contribution in [2.24, 2.45) is 0 Å². The van der Waals surface area contributed by atoms with Crippen molar-refractivity contribution in [1.29, 1.82) is 0 Å². The van der Waals surface area contributed by atoms with Gasteiger partial charge in [-0.15, -0.1) is 0 Å². The average molecular weight is 467 g/mol. The Morgan fingerprint density at radius 3 is 2.47 bits per heavy atom. The molecule has 0 saturated carbocycles. The third-order valence-electron chi connectivity index (χ3n) is 5.54. The second kappa shape index (κ2) is 11.2. The van der Waals surface area contributed by atoms with E-state index in [2.05, 4.69) is 4.98 Å². The van der Waals surface area contributed by atoms with Gasteiger partial charge in [-0.1, -0.05) is 49.7 Å². The molecule has 180 valence electrons. The molecule has 0 aliphatic rings. The van der Waals surface area contributed by atoms with E-state index >= 15 is 0 Å². The molecule has 2 aromatic carbocycles. The highest BCUT2D eigenvalue weighted by Crippen LogP contribution is 2.27. The highest BCUT2D eigenvalue weighted by atomic mass is 16.5. The van der Waals surface area contributed by atoms with Crippen molar-refractivity contribution < 1.29 is 14.3 Å². The lowest BCUT2D eigenvalue weighted by Crippen LogP contribution is -2.41. The van der Waals surface area contributed by atoms with Crippen LogP contribution in [0.15, 0.2) is 58.1 Å². The Labute approximate surface area is 197 Å². The number of hydrogen-bond acceptors (Lipinski definition) is 6. The van der Waals surface area contributed by atoms with E-state index in [-0.39, 0.29) is 30.4 Å². The molecule has 1 aromatic heterocycles. The van der Waals surface area contributed by atoms with Crippen LogP contribution in [-0.4, -0.2) is 29.7 Å². The number of benzene rings is 2. The number of carbonyl (C=O) groups excluding carboxylic acids is 1. The van der Waals surface area contributed by atoms with Crippen LogP contribution in [0.5, 0.6) is 11.5 Å². The third kappa shape index (κ3) is 5.48. The Balaban J connectivity index is 2.07. The number of anilines is 2. The fourth-order valence-corrected chi connectivity index (χ4v) is 3.69. The Morgan fingerprint density at radius 1 is 1.09 bits per heavy atom. The van der Waals surface area contributed by atoms with Crippen molar-refractivity contribution in [2.75, 3.05) is 24.9 Å². The maximum atomic E-state index is 13.6. The summed E-state index contributed by atoms with van der Waals surface area (Å²) in [5, 5.41) is 0. The van der Waals surface area contributed by atoms with Crippen LogP contribution in [0.3, 0.4) is 0 Å². The van der Waals surface area contributed by atoms with Crippen molar-refractivity contribution in [3.63, 3.8) is 0 Å². The SMILES string of the molecule is CCCCn1c(N)c(N(Cc2ccccc2)C(=O)Cc2ccc(OC)cc2OC)c(=O)[nH]c1=O. The van der Waals surface area contributed by atoms with Crippen LogP contribution in [0.4, 0.5) is 11.5 Å². The molecule has 0 spiro atoms. The molecular formula is C25H30N4O5. The van der Waals surface area contributed by atoms with E-state index in [0.29, 0.717) is 30.0 Å². The average Bonchev–Trinajstić information content (AvgIpc) is 2.84. The lowest BCUT2D eigenvalue weighted by atomic mass is 10.1. The topological polar surface area (TPSA) is 120 Å². The lowest BCUT2D eigenvalue weighted by molar-refractivity contribution is -0.118. The van der Waals surface area contributed by atoms with Crippen LogP contribution in [-0.2, 0) is 24.3 Å². The quantitative estimate of drug-likeness (QED) is 0.474. The summed E-state index contributed by atoms with van der Waals surface area (Å²) in [4.78, 5) is 42.5. The highest BCUT2D eigenvalue weighted by molar-refractivity contribution is 5.97. The molecule has 0 saturated heterocycles. The van der Waals surface area contributed by atoms with Gasteiger partial charge in [0.1, 0.15) is 17.3 Å². The summed E-state index contributed by atoms with van der Waals surface area (Å²) in [7, 11) is 3.06. The van der Waals surface area contributed by atoms with Gasteiger partial charge in [-0.2, -0.15) is 0 Å². The largest absolute Gasteiger partial charge is 0.497 e. The molecule has 3 rings (SSSR count). The molecule has 0 bridgehead atoms. The second-order valence-electron chi connectivity index (χ2n) is 7.82. The Morgan fingerprint density at radius 2 is 1.82 bits per heavy atom. The third-order valence-corrected chi connectivity index (χ3v) is 5.54. The van der Waals surface area contributed by atoms with Crippen LogP contribution in [0.1, 0.15) is 30.9 Å². The monoisotopic (exact) mass is 466 g/mol. The van der Waals surface area contributed by atoms with Gasteiger partial charge in [-0.3, -0.25) is 24.0 Å². The molecule has 9 heteroatoms. The summed E-state index contributed by atoms with van der Waals surface area (Å²) >= 11 is 0. The summed E-state index contributed by atoms with van der Waals surface area (Å²) in [6, 6.07) is 14.4. The first-order valence-corrected chi connectivity index (χ1v) is 11.1. The number of nitrogens with zero attached hydrogens (tertiary/aromatic N) is 2. The summed E-state index contributed by atoms with van der Waals surface area (Å²) in [5.41, 5.74) is 6.40. The molecule has 3 aromatic rings. The van der Waals surface area contributed by atoms with Crippen molar-refractivity contribution in [2.45, 2.75) is 39.3 Å². The number of nitrogen functional groups attached to an aromatic ring is 1. The van der Waals surface area contributed by atoms with E-state index in [4.69, 9.17) is 15.2 Å². The summed E-state index contributed by atoms with van der Waals surface area (Å²) in [6.45, 7) is 2.43. The molecule has 9 nitrogen and oxygen atoms in total. The van der Waals surface area contributed by atoms with Gasteiger partial charge in [-0.05, 0) is 18.1 Å². The number of aromatic nitrogens is 2. The second-order valence-corrected chi connectivity index (χ2v) is 7.82. The van der Waals surface area contributed by atoms with Gasteiger partial charge < -0.3 is 15.2 Å². The van der Waals surface area contributed by atoms with Crippen LogP contribution < -0.4 is 31.4 Å². The fraction of sp³-hybridized carbons (Fsp3) is 0.320. The Hall–Kier alpha value is -4.01. The van der Waals surface area contributed by atoms with Crippen LogP contribution in [0, 0.1) is 0 Å². The minimum atomic E-state index is -0.707. The zero-order valence-corrected chi connectivity index (χ0v) is 19.7. The fourth-order valence-electron chi connectivity index (χ4n) is 3.69. The van der Waals surface area contributed by atoms with Crippen molar-refractivity contribution >= 4 is 17.4 Å². The molecule has 0 atom stereocenters. The van der Waals surface area contributed by atoms with E-state index in [1.807, 2.05) is 37.3 Å². The van der Waals surface area contributed by atoms with E-state index in [1.54, 1.807) is 25.3 Å². The van der Waals surface area contributed by atoms with Crippen molar-refractivity contribution in [1.82, 2.24) is 9.55 Å². The van der Waals surface area contributed by atoms with Crippen molar-refractivity contribution in [3.05, 3.63) is 80.5 Å². The van der Waals surface area contributed by atoms with Gasteiger partial charge >= 0.3 is 5.69 Å². The number of unbranched alkanes of at least 4 members (excludes halogenated alkanes) is 1. The zero-order chi connectivity index (χ0) is 24.7. The number of rotatable bonds is 10. The molecule has 0 aliphatic heterocycles. The number of hydrogen-bond donors (Lipinski definition) is 2. The first-order valence-electron chi connectivity index (χ1n) is 11.1. The standard InChI is InChI=1S/C25H30N4O5/c1-4-5-13-28-23(26)22(24(31)27-25(28)32)29(16-17-9-7-6-8-10-17)21(30)14-18-11-12-19(33-2)15-20(18)34-3/h6-12,15H,4-5,13-14,16,26H2,1-3H3,(H,27,31,32). The predicted molar refractivity (Wildman–Crippen MR) is 132 cm³/mol. The smallest absolute Gasteiger partial charge is 0.330 e. The lowest BCUT2D eigenvalue weighted by Gasteiger charge is -2.25. The minimum absolute atomic E-state index is 0.0341. The number of amides is 1. The molecule has 0 unspecified atom stereocenters. The number of nitrogens with two attached hydrogens (primary N) is 1. The molecule has 0 aliphatic carbocycles. The molecule has 0 radical (unpaired) electrons. The summed E-state index contributed by atoms with van der Waals surface area (Å²) in [5.74, 6) is 0.679. The number of ether oxygens (including phenoxy) is 2. The van der Waals surface area contributed by atoms with E-state index in [9.17, 15) is 14.4 Å². The number of nitrogens with one attached hydrogen (secondary N) is 1. The van der Waals surface area contributed by atoms with Gasteiger partial charge in [-0.25, -0.2) is 4.79 Å². The van der Waals surface area contributed by atoms with E-state index in [0.717, 1.165) is 12.0 Å². The van der Waals surface area contributed by atoms with Crippen molar-refractivity contribution in [3.8, 4) is 11.5 Å². The zero-order valence-electron chi connectivity index (χ0n) is 19.7. The van der Waals surface area contributed by atoms with Gasteiger partial charge in [0.25, 0.3) is 5.56 Å². The minimum Gasteiger partial charge on any atom is -0.497 e. The molecule has 1 amide bonds. The maximum absolute atomic E-state index is 13.6. The predicted octanol–water partition coefficient (Wildman–Crippen LogP) is 2.71. The summed E-state index contributed by atoms with van der Waals surface area (Å²) in [6.07, 6.45) is 1.49.